The number of anilines is 1. The van der Waals surface area contributed by atoms with Crippen molar-refractivity contribution < 1.29 is 19.7 Å². The van der Waals surface area contributed by atoms with Crippen molar-refractivity contribution in [3.05, 3.63) is 131 Å². The summed E-state index contributed by atoms with van der Waals surface area (Å²) in [4.78, 5) is 15.1. The summed E-state index contributed by atoms with van der Waals surface area (Å²) >= 11 is 0. The molecule has 0 aromatic heterocycles. The maximum atomic E-state index is 12.7. The highest BCUT2D eigenvalue weighted by molar-refractivity contribution is 7.91. The molecule has 1 fully saturated rings. The van der Waals surface area contributed by atoms with E-state index in [1.807, 2.05) is 77.7 Å². The zero-order chi connectivity index (χ0) is 28.9. The van der Waals surface area contributed by atoms with Gasteiger partial charge in [0.05, 0.1) is 17.1 Å². The van der Waals surface area contributed by atoms with Gasteiger partial charge < -0.3 is 10.4 Å². The summed E-state index contributed by atoms with van der Waals surface area (Å²) in [7, 11) is -3.27. The zero-order valence-corrected chi connectivity index (χ0v) is 24.1. The summed E-state index contributed by atoms with van der Waals surface area (Å²) in [5, 5.41) is 14.7. The largest absolute Gasteiger partial charge is 0.372 e. The van der Waals surface area contributed by atoms with Crippen molar-refractivity contribution in [2.24, 2.45) is 5.92 Å². The molecule has 4 aromatic carbocycles. The number of hydrogen-bond donors (Lipinski definition) is 2. The van der Waals surface area contributed by atoms with Crippen molar-refractivity contribution in [3.63, 3.8) is 0 Å². The standard InChI is InChI=1S/C34H36N2O4S.H2/c1-34(38,36(23-27-8-4-2-5-9-27)24-28-10-6-3-7-11-28)30-16-18-31(19-17-30)35-33(37)22-26-14-20-32(21-15-26)41(39,40)25-29-12-13-29;/h2-11,14-21,29,38H,12-13,22-25H2,1H3,(H,35,37);1H. The maximum Gasteiger partial charge on any atom is 0.228 e. The van der Waals surface area contributed by atoms with Crippen LogP contribution in [0, 0.1) is 5.92 Å². The zero-order valence-electron chi connectivity index (χ0n) is 23.2. The van der Waals surface area contributed by atoms with Crippen LogP contribution >= 0.6 is 0 Å². The van der Waals surface area contributed by atoms with Gasteiger partial charge in [-0.2, -0.15) is 0 Å². The Morgan fingerprint density at radius 3 is 1.88 bits per heavy atom. The fourth-order valence-electron chi connectivity index (χ4n) is 4.92. The predicted octanol–water partition coefficient (Wildman–Crippen LogP) is 6.16. The third-order valence-electron chi connectivity index (χ3n) is 7.56. The average Bonchev–Trinajstić information content (AvgIpc) is 3.78. The monoisotopic (exact) mass is 570 g/mol. The van der Waals surface area contributed by atoms with E-state index in [1.54, 1.807) is 43.3 Å². The first-order valence-corrected chi connectivity index (χ1v) is 15.6. The number of amides is 1. The molecule has 0 heterocycles. The Hall–Kier alpha value is -3.78. The molecule has 6 nitrogen and oxygen atoms in total. The number of benzene rings is 4. The average molecular weight is 571 g/mol. The van der Waals surface area contributed by atoms with Crippen molar-refractivity contribution in [1.29, 1.82) is 0 Å². The van der Waals surface area contributed by atoms with Gasteiger partial charge in [0.2, 0.25) is 5.91 Å². The molecule has 0 spiro atoms. The van der Waals surface area contributed by atoms with Gasteiger partial charge in [0, 0.05) is 20.2 Å². The second kappa shape index (κ2) is 12.4. The smallest absolute Gasteiger partial charge is 0.228 e. The minimum Gasteiger partial charge on any atom is -0.372 e. The van der Waals surface area contributed by atoms with E-state index in [4.69, 9.17) is 0 Å². The van der Waals surface area contributed by atoms with Crippen molar-refractivity contribution in [2.75, 3.05) is 11.1 Å². The molecule has 1 aliphatic carbocycles. The van der Waals surface area contributed by atoms with Gasteiger partial charge in [0.25, 0.3) is 0 Å². The van der Waals surface area contributed by atoms with E-state index in [0.717, 1.165) is 29.5 Å². The van der Waals surface area contributed by atoms with E-state index < -0.39 is 15.6 Å². The van der Waals surface area contributed by atoms with Gasteiger partial charge in [-0.05, 0) is 72.2 Å². The van der Waals surface area contributed by atoms with Gasteiger partial charge in [-0.15, -0.1) is 0 Å². The minimum absolute atomic E-state index is 0. The fourth-order valence-corrected chi connectivity index (χ4v) is 6.62. The van der Waals surface area contributed by atoms with Crippen LogP contribution in [0.1, 0.15) is 43.4 Å². The van der Waals surface area contributed by atoms with E-state index in [2.05, 4.69) is 5.32 Å². The molecule has 1 aliphatic rings. The number of sulfone groups is 1. The van der Waals surface area contributed by atoms with Crippen LogP contribution in [0.4, 0.5) is 5.69 Å². The highest BCUT2D eigenvalue weighted by Crippen LogP contribution is 2.32. The summed E-state index contributed by atoms with van der Waals surface area (Å²) in [5.41, 5.74) is 3.00. The van der Waals surface area contributed by atoms with E-state index >= 15 is 0 Å². The minimum atomic E-state index is -3.27. The van der Waals surface area contributed by atoms with Crippen LogP contribution < -0.4 is 5.32 Å². The van der Waals surface area contributed by atoms with Gasteiger partial charge in [-0.1, -0.05) is 84.9 Å². The molecular weight excluding hydrogens is 532 g/mol. The normalized spacial score (nSPS) is 14.9. The first-order chi connectivity index (χ1) is 19.7. The number of carbonyl (C=O) groups excluding carboxylic acids is 1. The molecule has 0 radical (unpaired) electrons. The Bertz CT molecular complexity index is 1510. The van der Waals surface area contributed by atoms with E-state index in [0.29, 0.717) is 29.2 Å². The Kier molecular flexibility index (Phi) is 8.68. The Morgan fingerprint density at radius 1 is 0.829 bits per heavy atom. The number of carbonyl (C=O) groups is 1. The van der Waals surface area contributed by atoms with E-state index in [9.17, 15) is 18.3 Å². The third-order valence-corrected chi connectivity index (χ3v) is 9.46. The van der Waals surface area contributed by atoms with Gasteiger partial charge >= 0.3 is 0 Å². The molecule has 0 saturated heterocycles. The summed E-state index contributed by atoms with van der Waals surface area (Å²) in [5.74, 6) is 0.288. The molecule has 2 N–H and O–H groups in total. The summed E-state index contributed by atoms with van der Waals surface area (Å²) < 4.78 is 25.0. The lowest BCUT2D eigenvalue weighted by atomic mass is 10.00. The fraction of sp³-hybridized carbons (Fsp3) is 0.265. The first kappa shape index (κ1) is 28.7. The van der Waals surface area contributed by atoms with E-state index in [-0.39, 0.29) is 25.4 Å². The Balaban J connectivity index is 0.00000405. The predicted molar refractivity (Wildman–Crippen MR) is 164 cm³/mol. The van der Waals surface area contributed by atoms with Crippen molar-refractivity contribution in [1.82, 2.24) is 4.90 Å². The number of hydrogen-bond acceptors (Lipinski definition) is 5. The highest BCUT2D eigenvalue weighted by Gasteiger charge is 2.32. The van der Waals surface area contributed by atoms with Crippen LogP contribution in [0.15, 0.2) is 114 Å². The first-order valence-electron chi connectivity index (χ1n) is 14.0. The van der Waals surface area contributed by atoms with Crippen LogP contribution in [0.2, 0.25) is 0 Å². The lowest BCUT2D eigenvalue weighted by Gasteiger charge is -2.38. The summed E-state index contributed by atoms with van der Waals surface area (Å²) in [6.45, 7) is 2.91. The highest BCUT2D eigenvalue weighted by atomic mass is 32.2. The molecule has 1 amide bonds. The second-order valence-corrected chi connectivity index (χ2v) is 13.1. The number of aliphatic hydroxyl groups is 1. The van der Waals surface area contributed by atoms with Gasteiger partial charge in [0.1, 0.15) is 5.72 Å². The number of nitrogens with zero attached hydrogens (tertiary/aromatic N) is 1. The number of rotatable bonds is 12. The molecular formula is C34H38N2O4S. The molecule has 1 saturated carbocycles. The van der Waals surface area contributed by atoms with Crippen molar-refractivity contribution in [2.45, 2.75) is 49.9 Å². The van der Waals surface area contributed by atoms with E-state index in [1.165, 1.54) is 0 Å². The molecule has 0 bridgehead atoms. The van der Waals surface area contributed by atoms with Crippen molar-refractivity contribution >= 4 is 21.4 Å². The van der Waals surface area contributed by atoms with Crippen LogP contribution in [0.5, 0.6) is 0 Å². The molecule has 1 unspecified atom stereocenters. The summed E-state index contributed by atoms with van der Waals surface area (Å²) in [6.07, 6.45) is 2.09. The Labute approximate surface area is 244 Å². The topological polar surface area (TPSA) is 86.7 Å². The van der Waals surface area contributed by atoms with Gasteiger partial charge in [-0.3, -0.25) is 9.69 Å². The summed E-state index contributed by atoms with van der Waals surface area (Å²) in [6, 6.07) is 34.0. The quantitative estimate of drug-likeness (QED) is 0.199. The van der Waals surface area contributed by atoms with Gasteiger partial charge in [0.15, 0.2) is 9.84 Å². The second-order valence-electron chi connectivity index (χ2n) is 11.0. The van der Waals surface area contributed by atoms with Crippen LogP contribution in [-0.4, -0.2) is 30.1 Å². The Morgan fingerprint density at radius 2 is 1.37 bits per heavy atom. The lowest BCUT2D eigenvalue weighted by molar-refractivity contribution is -0.115. The third kappa shape index (κ3) is 7.70. The SMILES string of the molecule is CC(O)(c1ccc(NC(=O)Cc2ccc(S(=O)(=O)CC3CC3)cc2)cc1)N(Cc1ccccc1)Cc1ccccc1.[HH]. The van der Waals surface area contributed by atoms with Crippen LogP contribution in [-0.2, 0) is 39.9 Å². The molecule has 214 valence electrons. The maximum absolute atomic E-state index is 12.7. The lowest BCUT2D eigenvalue weighted by Crippen LogP contribution is -2.43. The van der Waals surface area contributed by atoms with Crippen LogP contribution in [0.25, 0.3) is 0 Å². The molecule has 4 aromatic rings. The molecule has 7 heteroatoms. The molecule has 5 rings (SSSR count). The van der Waals surface area contributed by atoms with Gasteiger partial charge in [-0.25, -0.2) is 8.42 Å². The number of nitrogens with one attached hydrogen (secondary N) is 1. The molecule has 1 atom stereocenters. The molecule has 0 aliphatic heterocycles. The van der Waals surface area contributed by atoms with Crippen LogP contribution in [0.3, 0.4) is 0 Å². The molecule has 41 heavy (non-hydrogen) atoms. The van der Waals surface area contributed by atoms with Crippen molar-refractivity contribution in [3.8, 4) is 0 Å².